The molecular weight excluding hydrogens is 336 g/mol. The second-order valence-electron chi connectivity index (χ2n) is 6.73. The summed E-state index contributed by atoms with van der Waals surface area (Å²) in [6.07, 6.45) is 2.33. The van der Waals surface area contributed by atoms with Crippen molar-refractivity contribution in [3.05, 3.63) is 28.8 Å². The second-order valence-corrected chi connectivity index (χ2v) is 7.17. The summed E-state index contributed by atoms with van der Waals surface area (Å²) < 4.78 is 35.5. The Morgan fingerprint density at radius 3 is 2.75 bits per heavy atom. The molecule has 0 amide bonds. The van der Waals surface area contributed by atoms with Crippen LogP contribution in [0.15, 0.2) is 18.2 Å². The summed E-state index contributed by atoms with van der Waals surface area (Å²) in [5.41, 5.74) is 0.648. The standard InChI is InChI=1S/C18H26ClF2NO2/c1-11(2)17-8-13(6-7-23-17)10-22-12(3)15-9-14(19)4-5-16(15)24-18(20)21/h4-5,9,11-13,17-18,22H,6-8,10H2,1-3H3. The summed E-state index contributed by atoms with van der Waals surface area (Å²) >= 11 is 6.01. The second kappa shape index (κ2) is 8.97. The van der Waals surface area contributed by atoms with E-state index >= 15 is 0 Å². The maximum absolute atomic E-state index is 12.6. The van der Waals surface area contributed by atoms with Crippen molar-refractivity contribution in [2.45, 2.75) is 52.4 Å². The van der Waals surface area contributed by atoms with E-state index < -0.39 is 6.61 Å². The van der Waals surface area contributed by atoms with Crippen LogP contribution >= 0.6 is 11.6 Å². The average molecular weight is 362 g/mol. The van der Waals surface area contributed by atoms with Gasteiger partial charge in [0, 0.05) is 23.2 Å². The fraction of sp³-hybridized carbons (Fsp3) is 0.667. The van der Waals surface area contributed by atoms with Crippen LogP contribution in [0.25, 0.3) is 0 Å². The molecule has 136 valence electrons. The lowest BCUT2D eigenvalue weighted by Crippen LogP contribution is -2.35. The summed E-state index contributed by atoms with van der Waals surface area (Å²) in [6.45, 7) is 5.02. The van der Waals surface area contributed by atoms with E-state index in [-0.39, 0.29) is 11.8 Å². The first-order valence-electron chi connectivity index (χ1n) is 8.46. The van der Waals surface area contributed by atoms with Gasteiger partial charge in [0.2, 0.25) is 0 Å². The Morgan fingerprint density at radius 2 is 2.08 bits per heavy atom. The molecule has 1 aromatic carbocycles. The van der Waals surface area contributed by atoms with Crippen LogP contribution in [0.3, 0.4) is 0 Å². The zero-order valence-electron chi connectivity index (χ0n) is 14.4. The number of benzene rings is 1. The van der Waals surface area contributed by atoms with E-state index in [0.717, 1.165) is 26.0 Å². The van der Waals surface area contributed by atoms with Crippen molar-refractivity contribution in [3.63, 3.8) is 0 Å². The Labute approximate surface area is 147 Å². The summed E-state index contributed by atoms with van der Waals surface area (Å²) in [5, 5.41) is 3.94. The molecule has 0 spiro atoms. The van der Waals surface area contributed by atoms with Gasteiger partial charge in [-0.1, -0.05) is 25.4 Å². The summed E-state index contributed by atoms with van der Waals surface area (Å²) in [5.74, 6) is 1.19. The molecule has 1 N–H and O–H groups in total. The van der Waals surface area contributed by atoms with Gasteiger partial charge < -0.3 is 14.8 Å². The van der Waals surface area contributed by atoms with Gasteiger partial charge in [-0.25, -0.2) is 0 Å². The van der Waals surface area contributed by atoms with Crippen molar-refractivity contribution in [1.29, 1.82) is 0 Å². The maximum atomic E-state index is 12.6. The molecule has 1 aliphatic rings. The van der Waals surface area contributed by atoms with E-state index in [0.29, 0.717) is 28.5 Å². The number of halogens is 3. The third-order valence-corrected chi connectivity index (χ3v) is 4.77. The van der Waals surface area contributed by atoms with Crippen molar-refractivity contribution in [2.24, 2.45) is 11.8 Å². The van der Waals surface area contributed by atoms with E-state index in [1.807, 2.05) is 6.92 Å². The number of ether oxygens (including phenoxy) is 2. The Morgan fingerprint density at radius 1 is 1.33 bits per heavy atom. The van der Waals surface area contributed by atoms with E-state index in [9.17, 15) is 8.78 Å². The predicted octanol–water partition coefficient (Wildman–Crippen LogP) is 5.04. The molecule has 3 unspecified atom stereocenters. The molecule has 0 radical (unpaired) electrons. The summed E-state index contributed by atoms with van der Waals surface area (Å²) in [7, 11) is 0. The van der Waals surface area contributed by atoms with E-state index in [2.05, 4.69) is 23.9 Å². The van der Waals surface area contributed by atoms with Gasteiger partial charge in [-0.05, 0) is 56.3 Å². The van der Waals surface area contributed by atoms with Crippen molar-refractivity contribution in [2.75, 3.05) is 13.2 Å². The smallest absolute Gasteiger partial charge is 0.387 e. The fourth-order valence-corrected chi connectivity index (χ4v) is 3.25. The van der Waals surface area contributed by atoms with Gasteiger partial charge in [0.05, 0.1) is 6.10 Å². The van der Waals surface area contributed by atoms with Gasteiger partial charge in [-0.15, -0.1) is 0 Å². The minimum atomic E-state index is -2.85. The lowest BCUT2D eigenvalue weighted by molar-refractivity contribution is -0.0508. The van der Waals surface area contributed by atoms with Crippen LogP contribution in [0.2, 0.25) is 5.02 Å². The van der Waals surface area contributed by atoms with Crippen LogP contribution in [0.4, 0.5) is 8.78 Å². The minimum Gasteiger partial charge on any atom is -0.434 e. The molecule has 0 saturated carbocycles. The predicted molar refractivity (Wildman–Crippen MR) is 91.8 cm³/mol. The van der Waals surface area contributed by atoms with Crippen LogP contribution in [-0.4, -0.2) is 25.9 Å². The number of rotatable bonds is 7. The number of hydrogen-bond donors (Lipinski definition) is 1. The van der Waals surface area contributed by atoms with Crippen molar-refractivity contribution in [3.8, 4) is 5.75 Å². The molecule has 0 aliphatic carbocycles. The van der Waals surface area contributed by atoms with Gasteiger partial charge in [0.15, 0.2) is 0 Å². The van der Waals surface area contributed by atoms with Crippen molar-refractivity contribution < 1.29 is 18.3 Å². The highest BCUT2D eigenvalue weighted by molar-refractivity contribution is 6.30. The molecule has 0 bridgehead atoms. The molecule has 3 nitrogen and oxygen atoms in total. The first-order valence-corrected chi connectivity index (χ1v) is 8.83. The minimum absolute atomic E-state index is 0.127. The van der Waals surface area contributed by atoms with Gasteiger partial charge in [0.1, 0.15) is 5.75 Å². The highest BCUT2D eigenvalue weighted by Gasteiger charge is 2.25. The SMILES string of the molecule is CC(NCC1CCOC(C(C)C)C1)c1cc(Cl)ccc1OC(F)F. The van der Waals surface area contributed by atoms with E-state index in [1.54, 1.807) is 12.1 Å². The Hall–Kier alpha value is -0.910. The van der Waals surface area contributed by atoms with Crippen molar-refractivity contribution >= 4 is 11.6 Å². The van der Waals surface area contributed by atoms with E-state index in [4.69, 9.17) is 16.3 Å². The quantitative estimate of drug-likeness (QED) is 0.737. The molecule has 3 atom stereocenters. The molecule has 24 heavy (non-hydrogen) atoms. The lowest BCUT2D eigenvalue weighted by atomic mass is 9.90. The van der Waals surface area contributed by atoms with Crippen LogP contribution in [-0.2, 0) is 4.74 Å². The van der Waals surface area contributed by atoms with Gasteiger partial charge >= 0.3 is 6.61 Å². The summed E-state index contributed by atoms with van der Waals surface area (Å²) in [6, 6.07) is 4.60. The normalized spacial score (nSPS) is 22.8. The fourth-order valence-electron chi connectivity index (χ4n) is 3.06. The van der Waals surface area contributed by atoms with Crippen LogP contribution in [0, 0.1) is 11.8 Å². The van der Waals surface area contributed by atoms with Gasteiger partial charge in [-0.3, -0.25) is 0 Å². The van der Waals surface area contributed by atoms with Gasteiger partial charge in [-0.2, -0.15) is 8.78 Å². The zero-order chi connectivity index (χ0) is 17.7. The highest BCUT2D eigenvalue weighted by Crippen LogP contribution is 2.30. The average Bonchev–Trinajstić information content (AvgIpc) is 2.54. The largest absolute Gasteiger partial charge is 0.434 e. The number of hydrogen-bond acceptors (Lipinski definition) is 3. The first-order chi connectivity index (χ1) is 11.4. The molecular formula is C18H26ClF2NO2. The Bertz CT molecular complexity index is 528. The maximum Gasteiger partial charge on any atom is 0.387 e. The number of alkyl halides is 2. The Kier molecular flexibility index (Phi) is 7.26. The van der Waals surface area contributed by atoms with Crippen LogP contribution < -0.4 is 10.1 Å². The Balaban J connectivity index is 1.97. The molecule has 1 aromatic rings. The molecule has 2 rings (SSSR count). The monoisotopic (exact) mass is 361 g/mol. The van der Waals surface area contributed by atoms with E-state index in [1.165, 1.54) is 6.07 Å². The molecule has 1 saturated heterocycles. The molecule has 1 aliphatic heterocycles. The lowest BCUT2D eigenvalue weighted by Gasteiger charge is -2.32. The number of nitrogens with one attached hydrogen (secondary N) is 1. The highest BCUT2D eigenvalue weighted by atomic mass is 35.5. The topological polar surface area (TPSA) is 30.5 Å². The molecule has 1 fully saturated rings. The van der Waals surface area contributed by atoms with Crippen molar-refractivity contribution in [1.82, 2.24) is 5.32 Å². The third kappa shape index (κ3) is 5.57. The molecule has 1 heterocycles. The molecule has 6 heteroatoms. The molecule has 0 aromatic heterocycles. The van der Waals surface area contributed by atoms with Crippen LogP contribution in [0.1, 0.15) is 45.2 Å². The van der Waals surface area contributed by atoms with Gasteiger partial charge in [0.25, 0.3) is 0 Å². The van der Waals surface area contributed by atoms with Crippen LogP contribution in [0.5, 0.6) is 5.75 Å². The zero-order valence-corrected chi connectivity index (χ0v) is 15.2. The third-order valence-electron chi connectivity index (χ3n) is 4.53. The first kappa shape index (κ1) is 19.4. The summed E-state index contributed by atoms with van der Waals surface area (Å²) in [4.78, 5) is 0.